The van der Waals surface area contributed by atoms with Crippen molar-refractivity contribution in [3.63, 3.8) is 0 Å². The van der Waals surface area contributed by atoms with Crippen LogP contribution in [0, 0.1) is 0 Å². The number of nitrogens with one attached hydrogen (secondary N) is 2. The summed E-state index contributed by atoms with van der Waals surface area (Å²) >= 11 is 3.31. The predicted octanol–water partition coefficient (Wildman–Crippen LogP) is 1.89. The lowest BCUT2D eigenvalue weighted by Crippen LogP contribution is -2.33. The van der Waals surface area contributed by atoms with Gasteiger partial charge in [0.15, 0.2) is 5.82 Å². The molecule has 6 nitrogen and oxygen atoms in total. The molecule has 1 heterocycles. The number of hydrogen-bond donors (Lipinski definition) is 2. The van der Waals surface area contributed by atoms with Crippen LogP contribution < -0.4 is 5.32 Å². The fraction of sp³-hybridized carbons (Fsp3) is 0.333. The van der Waals surface area contributed by atoms with Crippen molar-refractivity contribution in [2.24, 2.45) is 0 Å². The number of carbonyl (C=O) groups excluding carboxylic acids is 1. The maximum atomic E-state index is 13.1. The largest absolute Gasteiger partial charge is 0.346 e. The molecule has 106 valence electrons. The van der Waals surface area contributed by atoms with E-state index in [1.807, 2.05) is 0 Å². The van der Waals surface area contributed by atoms with Crippen LogP contribution in [0.25, 0.3) is 0 Å². The van der Waals surface area contributed by atoms with Crippen molar-refractivity contribution in [3.05, 3.63) is 40.1 Å². The molecule has 0 bridgehead atoms. The molecule has 0 spiro atoms. The van der Waals surface area contributed by atoms with Crippen molar-refractivity contribution < 1.29 is 9.18 Å². The Morgan fingerprint density at radius 2 is 2.15 bits per heavy atom. The van der Waals surface area contributed by atoms with E-state index in [1.54, 1.807) is 31.2 Å². The van der Waals surface area contributed by atoms with Gasteiger partial charge in [0.2, 0.25) is 5.91 Å². The average Bonchev–Trinajstić information content (AvgIpc) is 2.99. The van der Waals surface area contributed by atoms with Crippen molar-refractivity contribution in [3.8, 4) is 0 Å². The van der Waals surface area contributed by atoms with Crippen molar-refractivity contribution in [2.75, 3.05) is 6.67 Å². The summed E-state index contributed by atoms with van der Waals surface area (Å²) < 4.78 is 14.0. The first kappa shape index (κ1) is 14.6. The molecule has 0 saturated carbocycles. The van der Waals surface area contributed by atoms with Gasteiger partial charge >= 0.3 is 0 Å². The monoisotopic (exact) mass is 341 g/mol. The Balaban J connectivity index is 2.06. The Labute approximate surface area is 123 Å². The van der Waals surface area contributed by atoms with E-state index >= 15 is 0 Å². The van der Waals surface area contributed by atoms with Gasteiger partial charge in [0.05, 0.1) is 12.0 Å². The molecule has 2 N–H and O–H groups in total. The Morgan fingerprint density at radius 3 is 2.70 bits per heavy atom. The molecule has 1 aromatic heterocycles. The molecule has 0 aliphatic heterocycles. The number of rotatable bonds is 5. The van der Waals surface area contributed by atoms with Crippen LogP contribution in [-0.4, -0.2) is 33.2 Å². The molecule has 8 heteroatoms. The second-order valence-corrected chi connectivity index (χ2v) is 5.17. The van der Waals surface area contributed by atoms with Crippen LogP contribution in [0.5, 0.6) is 0 Å². The van der Waals surface area contributed by atoms with Crippen LogP contribution in [0.15, 0.2) is 28.7 Å². The zero-order valence-electron chi connectivity index (χ0n) is 10.7. The van der Waals surface area contributed by atoms with Crippen molar-refractivity contribution in [1.29, 1.82) is 0 Å². The number of carbonyl (C=O) groups is 1. The number of amides is 1. The van der Waals surface area contributed by atoms with Crippen LogP contribution >= 0.6 is 15.9 Å². The molecule has 0 aliphatic carbocycles. The molecule has 2 aromatic rings. The van der Waals surface area contributed by atoms with Gasteiger partial charge in [-0.25, -0.2) is 4.39 Å². The highest BCUT2D eigenvalue weighted by Gasteiger charge is 2.23. The average molecular weight is 342 g/mol. The third-order valence-electron chi connectivity index (χ3n) is 2.89. The summed E-state index contributed by atoms with van der Waals surface area (Å²) in [7, 11) is 0. The van der Waals surface area contributed by atoms with Gasteiger partial charge < -0.3 is 5.32 Å². The lowest BCUT2D eigenvalue weighted by molar-refractivity contribution is -0.123. The zero-order chi connectivity index (χ0) is 14.5. The summed E-state index contributed by atoms with van der Waals surface area (Å²) in [6.45, 7) is 0.948. The van der Waals surface area contributed by atoms with Crippen molar-refractivity contribution >= 4 is 21.8 Å². The summed E-state index contributed by atoms with van der Waals surface area (Å²) in [6.07, 6.45) is 0. The van der Waals surface area contributed by atoms with E-state index in [2.05, 4.69) is 41.9 Å². The van der Waals surface area contributed by atoms with E-state index in [4.69, 9.17) is 0 Å². The van der Waals surface area contributed by atoms with Crippen LogP contribution in [0.2, 0.25) is 0 Å². The van der Waals surface area contributed by atoms with Gasteiger partial charge in [0, 0.05) is 4.47 Å². The van der Waals surface area contributed by atoms with Gasteiger partial charge in [-0.2, -0.15) is 5.21 Å². The molecule has 1 amide bonds. The molecule has 0 saturated heterocycles. The lowest BCUT2D eigenvalue weighted by atomic mass is 10.1. The second-order valence-electron chi connectivity index (χ2n) is 4.26. The number of tetrazole rings is 1. The fourth-order valence-corrected chi connectivity index (χ4v) is 1.94. The van der Waals surface area contributed by atoms with Crippen molar-refractivity contribution in [2.45, 2.75) is 18.9 Å². The second kappa shape index (κ2) is 6.56. The Kier molecular flexibility index (Phi) is 4.78. The molecule has 2 atom stereocenters. The number of halogens is 2. The highest BCUT2D eigenvalue weighted by Crippen LogP contribution is 2.19. The third-order valence-corrected chi connectivity index (χ3v) is 3.41. The normalized spacial score (nSPS) is 13.8. The number of benzene rings is 1. The van der Waals surface area contributed by atoms with Gasteiger partial charge in [-0.15, -0.1) is 10.2 Å². The fourth-order valence-electron chi connectivity index (χ4n) is 1.67. The molecule has 2 rings (SSSR count). The minimum absolute atomic E-state index is 0.274. The number of H-pyrrole nitrogens is 1. The smallest absolute Gasteiger partial charge is 0.231 e. The summed E-state index contributed by atoms with van der Waals surface area (Å²) in [5, 5.41) is 15.8. The predicted molar refractivity (Wildman–Crippen MR) is 73.6 cm³/mol. The topological polar surface area (TPSA) is 83.6 Å². The number of nitrogens with zero attached hydrogens (tertiary/aromatic N) is 3. The van der Waals surface area contributed by atoms with Crippen molar-refractivity contribution in [1.82, 2.24) is 25.9 Å². The first-order valence-electron chi connectivity index (χ1n) is 5.97. The zero-order valence-corrected chi connectivity index (χ0v) is 12.3. The van der Waals surface area contributed by atoms with E-state index in [-0.39, 0.29) is 11.7 Å². The molecule has 20 heavy (non-hydrogen) atoms. The highest BCUT2D eigenvalue weighted by atomic mass is 79.9. The molecule has 1 aromatic carbocycles. The van der Waals surface area contributed by atoms with Crippen LogP contribution in [-0.2, 0) is 4.79 Å². The van der Waals surface area contributed by atoms with E-state index in [0.29, 0.717) is 5.56 Å². The minimum Gasteiger partial charge on any atom is -0.346 e. The number of aromatic amines is 1. The van der Waals surface area contributed by atoms with Gasteiger partial charge in [-0.1, -0.05) is 33.3 Å². The summed E-state index contributed by atoms with van der Waals surface area (Å²) in [5.41, 5.74) is 0.698. The minimum atomic E-state index is -0.690. The number of hydrogen-bond acceptors (Lipinski definition) is 4. The maximum absolute atomic E-state index is 13.1. The first-order valence-corrected chi connectivity index (χ1v) is 6.76. The van der Waals surface area contributed by atoms with E-state index in [9.17, 15) is 9.18 Å². The Morgan fingerprint density at radius 1 is 1.45 bits per heavy atom. The third kappa shape index (κ3) is 3.38. The number of alkyl halides is 1. The summed E-state index contributed by atoms with van der Waals surface area (Å²) in [5.74, 6) is -0.675. The van der Waals surface area contributed by atoms with Crippen LogP contribution in [0.1, 0.15) is 30.3 Å². The molecule has 0 radical (unpaired) electrons. The summed E-state index contributed by atoms with van der Waals surface area (Å²) in [6, 6.07) is 6.42. The Bertz CT molecular complexity index is 560. The highest BCUT2D eigenvalue weighted by molar-refractivity contribution is 9.10. The molecule has 0 fully saturated rings. The van der Waals surface area contributed by atoms with Gasteiger partial charge in [-0.05, 0) is 24.6 Å². The standard InChI is InChI=1S/C12H13BrFN5O/c1-7(11-16-18-19-17-11)12(20)15-10(6-14)8-2-4-9(13)5-3-8/h2-5,7,10H,6H2,1H3,(H,15,20)(H,16,17,18,19). The van der Waals surface area contributed by atoms with E-state index < -0.39 is 18.6 Å². The van der Waals surface area contributed by atoms with Gasteiger partial charge in [0.25, 0.3) is 0 Å². The SMILES string of the molecule is CC(C(=O)NC(CF)c1ccc(Br)cc1)c1nn[nH]n1. The molecule has 0 aliphatic rings. The molecular formula is C12H13BrFN5O. The Hall–Kier alpha value is -1.83. The van der Waals surface area contributed by atoms with Crippen LogP contribution in [0.3, 0.4) is 0 Å². The molecule has 2 unspecified atom stereocenters. The molecular weight excluding hydrogens is 329 g/mol. The lowest BCUT2D eigenvalue weighted by Gasteiger charge is -2.17. The summed E-state index contributed by atoms with van der Waals surface area (Å²) in [4.78, 5) is 12.0. The van der Waals surface area contributed by atoms with E-state index in [0.717, 1.165) is 4.47 Å². The maximum Gasteiger partial charge on any atom is 0.231 e. The van der Waals surface area contributed by atoms with E-state index in [1.165, 1.54) is 0 Å². The van der Waals surface area contributed by atoms with Gasteiger partial charge in [-0.3, -0.25) is 4.79 Å². The van der Waals surface area contributed by atoms with Gasteiger partial charge in [0.1, 0.15) is 6.67 Å². The first-order chi connectivity index (χ1) is 9.61. The number of aromatic nitrogens is 4. The van der Waals surface area contributed by atoms with Crippen LogP contribution in [0.4, 0.5) is 4.39 Å². The quantitative estimate of drug-likeness (QED) is 0.869.